The summed E-state index contributed by atoms with van der Waals surface area (Å²) in [5, 5.41) is 4.02. The van der Waals surface area contributed by atoms with Gasteiger partial charge in [0.1, 0.15) is 5.60 Å². The minimum Gasteiger partial charge on any atom is -0.399 e. The Kier molecular flexibility index (Phi) is 3.94. The maximum absolute atomic E-state index is 5.77. The summed E-state index contributed by atoms with van der Waals surface area (Å²) >= 11 is 0. The fourth-order valence-corrected chi connectivity index (χ4v) is 2.00. The Labute approximate surface area is 118 Å². The second-order valence-electron chi connectivity index (χ2n) is 4.83. The highest BCUT2D eigenvalue weighted by atomic mass is 16.5. The van der Waals surface area contributed by atoms with E-state index in [9.17, 15) is 0 Å². The topological polar surface area (TPSA) is 100 Å². The van der Waals surface area contributed by atoms with Crippen LogP contribution in [0.5, 0.6) is 0 Å². The smallest absolute Gasteiger partial charge is 0.258 e. The molecule has 0 aliphatic heterocycles. The van der Waals surface area contributed by atoms with Gasteiger partial charge in [-0.15, -0.1) is 0 Å². The van der Waals surface area contributed by atoms with Gasteiger partial charge in [0.25, 0.3) is 5.89 Å². The molecule has 0 aliphatic rings. The predicted molar refractivity (Wildman–Crippen MR) is 77.8 cm³/mol. The summed E-state index contributed by atoms with van der Waals surface area (Å²) in [4.78, 5) is 4.41. The Morgan fingerprint density at radius 1 is 1.20 bits per heavy atom. The van der Waals surface area contributed by atoms with E-state index >= 15 is 0 Å². The average molecular weight is 276 g/mol. The van der Waals surface area contributed by atoms with Gasteiger partial charge in [-0.1, -0.05) is 12.1 Å². The molecule has 2 aromatic rings. The summed E-state index contributed by atoms with van der Waals surface area (Å²) in [5.74, 6) is 0.913. The van der Waals surface area contributed by atoms with Gasteiger partial charge in [-0.25, -0.2) is 0 Å². The van der Waals surface area contributed by atoms with Crippen LogP contribution >= 0.6 is 0 Å². The zero-order chi connectivity index (χ0) is 14.8. The van der Waals surface area contributed by atoms with Gasteiger partial charge in [0.15, 0.2) is 0 Å². The number of hydrogen-bond donors (Lipinski definition) is 2. The van der Waals surface area contributed by atoms with E-state index in [-0.39, 0.29) is 0 Å². The van der Waals surface area contributed by atoms with Gasteiger partial charge >= 0.3 is 0 Å². The monoisotopic (exact) mass is 276 g/mol. The summed E-state index contributed by atoms with van der Waals surface area (Å²) in [6.07, 6.45) is 0.749. The van der Waals surface area contributed by atoms with Crippen molar-refractivity contribution in [3.8, 4) is 11.5 Å². The standard InChI is InChI=1S/C14H20N4O2/c1-4-14(3,19-5-2)13-17-12(20-18-13)9-6-10(15)8-11(16)7-9/h6-8H,4-5,15-16H2,1-3H3. The lowest BCUT2D eigenvalue weighted by Gasteiger charge is -2.23. The highest BCUT2D eigenvalue weighted by Crippen LogP contribution is 2.29. The molecule has 0 fully saturated rings. The molecule has 20 heavy (non-hydrogen) atoms. The minimum absolute atomic E-state index is 0.387. The Balaban J connectivity index is 2.37. The Hall–Kier alpha value is -2.08. The van der Waals surface area contributed by atoms with E-state index in [2.05, 4.69) is 10.1 Å². The van der Waals surface area contributed by atoms with E-state index in [4.69, 9.17) is 20.7 Å². The molecule has 1 heterocycles. The summed E-state index contributed by atoms with van der Waals surface area (Å²) in [6.45, 7) is 6.48. The van der Waals surface area contributed by atoms with Crippen LogP contribution in [0.2, 0.25) is 0 Å². The molecule has 0 radical (unpaired) electrons. The van der Waals surface area contributed by atoms with Crippen LogP contribution in [0.1, 0.15) is 33.0 Å². The van der Waals surface area contributed by atoms with Crippen molar-refractivity contribution in [2.24, 2.45) is 0 Å². The van der Waals surface area contributed by atoms with Crippen molar-refractivity contribution in [3.05, 3.63) is 24.0 Å². The third-order valence-corrected chi connectivity index (χ3v) is 3.26. The molecular weight excluding hydrogens is 256 g/mol. The van der Waals surface area contributed by atoms with Gasteiger partial charge < -0.3 is 20.7 Å². The predicted octanol–water partition coefficient (Wildman–Crippen LogP) is 2.56. The maximum Gasteiger partial charge on any atom is 0.258 e. The first-order valence-corrected chi connectivity index (χ1v) is 6.63. The fraction of sp³-hybridized carbons (Fsp3) is 0.429. The SMILES string of the molecule is CCOC(C)(CC)c1noc(-c2cc(N)cc(N)c2)n1. The number of nitrogens with zero attached hydrogens (tertiary/aromatic N) is 2. The summed E-state index contributed by atoms with van der Waals surface area (Å²) < 4.78 is 11.0. The number of aromatic nitrogens is 2. The van der Waals surface area contributed by atoms with Crippen LogP contribution in [-0.2, 0) is 10.3 Å². The van der Waals surface area contributed by atoms with E-state index < -0.39 is 5.60 Å². The largest absolute Gasteiger partial charge is 0.399 e. The molecule has 6 heteroatoms. The molecule has 0 aliphatic carbocycles. The number of hydrogen-bond acceptors (Lipinski definition) is 6. The molecule has 0 spiro atoms. The summed E-state index contributed by atoms with van der Waals surface area (Å²) in [6, 6.07) is 5.17. The van der Waals surface area contributed by atoms with Gasteiger partial charge in [-0.2, -0.15) is 4.98 Å². The Bertz CT molecular complexity index is 576. The zero-order valence-electron chi connectivity index (χ0n) is 12.0. The molecular formula is C14H20N4O2. The van der Waals surface area contributed by atoms with Crippen molar-refractivity contribution in [1.82, 2.24) is 10.1 Å². The van der Waals surface area contributed by atoms with Gasteiger partial charge in [0, 0.05) is 23.5 Å². The molecule has 4 N–H and O–H groups in total. The average Bonchev–Trinajstić information content (AvgIpc) is 2.88. The number of nitrogen functional groups attached to an aromatic ring is 2. The maximum atomic E-state index is 5.77. The summed E-state index contributed by atoms with van der Waals surface area (Å²) in [7, 11) is 0. The van der Waals surface area contributed by atoms with E-state index in [1.165, 1.54) is 0 Å². The molecule has 1 aromatic carbocycles. The van der Waals surface area contributed by atoms with Crippen molar-refractivity contribution in [2.75, 3.05) is 18.1 Å². The molecule has 2 rings (SSSR count). The number of rotatable bonds is 5. The Morgan fingerprint density at radius 2 is 1.85 bits per heavy atom. The van der Waals surface area contributed by atoms with Crippen molar-refractivity contribution in [3.63, 3.8) is 0 Å². The first-order chi connectivity index (χ1) is 9.48. The molecule has 0 amide bonds. The van der Waals surface area contributed by atoms with E-state index in [0.29, 0.717) is 35.3 Å². The molecule has 108 valence electrons. The highest BCUT2D eigenvalue weighted by Gasteiger charge is 2.31. The van der Waals surface area contributed by atoms with Crippen molar-refractivity contribution in [1.29, 1.82) is 0 Å². The minimum atomic E-state index is -0.553. The van der Waals surface area contributed by atoms with Crippen LogP contribution in [0.3, 0.4) is 0 Å². The molecule has 0 bridgehead atoms. The van der Waals surface area contributed by atoms with Crippen molar-refractivity contribution in [2.45, 2.75) is 32.8 Å². The number of anilines is 2. The number of nitrogens with two attached hydrogens (primary N) is 2. The van der Waals surface area contributed by atoms with Crippen molar-refractivity contribution >= 4 is 11.4 Å². The molecule has 1 atom stereocenters. The van der Waals surface area contributed by atoms with Crippen LogP contribution in [0, 0.1) is 0 Å². The molecule has 1 unspecified atom stereocenters. The summed E-state index contributed by atoms with van der Waals surface area (Å²) in [5.41, 5.74) is 12.8. The van der Waals surface area contributed by atoms with E-state index in [0.717, 1.165) is 6.42 Å². The molecule has 6 nitrogen and oxygen atoms in total. The third kappa shape index (κ3) is 2.75. The highest BCUT2D eigenvalue weighted by molar-refractivity contribution is 5.67. The Morgan fingerprint density at radius 3 is 2.40 bits per heavy atom. The molecule has 0 saturated heterocycles. The van der Waals surface area contributed by atoms with Crippen LogP contribution < -0.4 is 11.5 Å². The van der Waals surface area contributed by atoms with Gasteiger partial charge in [0.05, 0.1) is 0 Å². The van der Waals surface area contributed by atoms with E-state index in [1.54, 1.807) is 18.2 Å². The number of ether oxygens (including phenoxy) is 1. The lowest BCUT2D eigenvalue weighted by atomic mass is 10.0. The lowest BCUT2D eigenvalue weighted by Crippen LogP contribution is -2.26. The fourth-order valence-electron chi connectivity index (χ4n) is 2.00. The zero-order valence-corrected chi connectivity index (χ0v) is 12.0. The van der Waals surface area contributed by atoms with Gasteiger partial charge in [-0.3, -0.25) is 0 Å². The van der Waals surface area contributed by atoms with Crippen molar-refractivity contribution < 1.29 is 9.26 Å². The second kappa shape index (κ2) is 5.50. The lowest BCUT2D eigenvalue weighted by molar-refractivity contribution is -0.0403. The normalized spacial score (nSPS) is 14.2. The molecule has 0 saturated carbocycles. The first-order valence-electron chi connectivity index (χ1n) is 6.63. The van der Waals surface area contributed by atoms with Gasteiger partial charge in [-0.05, 0) is 38.5 Å². The second-order valence-corrected chi connectivity index (χ2v) is 4.83. The number of benzene rings is 1. The third-order valence-electron chi connectivity index (χ3n) is 3.26. The van der Waals surface area contributed by atoms with Crippen LogP contribution in [-0.4, -0.2) is 16.7 Å². The van der Waals surface area contributed by atoms with E-state index in [1.807, 2.05) is 20.8 Å². The first kappa shape index (κ1) is 14.3. The van der Waals surface area contributed by atoms with Gasteiger partial charge in [0.2, 0.25) is 5.82 Å². The molecule has 1 aromatic heterocycles. The van der Waals surface area contributed by atoms with Crippen LogP contribution in [0.4, 0.5) is 11.4 Å². The quantitative estimate of drug-likeness (QED) is 0.814. The van der Waals surface area contributed by atoms with Crippen LogP contribution in [0.15, 0.2) is 22.7 Å². The van der Waals surface area contributed by atoms with Crippen LogP contribution in [0.25, 0.3) is 11.5 Å².